The van der Waals surface area contributed by atoms with Gasteiger partial charge in [0, 0.05) is 12.2 Å². The van der Waals surface area contributed by atoms with Crippen LogP contribution >= 0.6 is 0 Å². The van der Waals surface area contributed by atoms with Gasteiger partial charge >= 0.3 is 0 Å². The van der Waals surface area contributed by atoms with Crippen molar-refractivity contribution in [3.8, 4) is 5.75 Å². The average Bonchev–Trinajstić information content (AvgIpc) is 3.18. The number of benzene rings is 1. The van der Waals surface area contributed by atoms with Crippen LogP contribution in [0, 0.1) is 5.82 Å². The first-order valence-electron chi connectivity index (χ1n) is 6.80. The number of carbonyl (C=O) groups is 1. The van der Waals surface area contributed by atoms with Crippen molar-refractivity contribution >= 4 is 5.91 Å². The number of H-pyrrole nitrogens is 1. The number of methoxy groups -OCH3 is 1. The Morgan fingerprint density at radius 3 is 3.14 bits per heavy atom. The second-order valence-corrected chi connectivity index (χ2v) is 4.88. The smallest absolute Gasteiger partial charge is 0.251 e. The van der Waals surface area contributed by atoms with Crippen molar-refractivity contribution in [2.24, 2.45) is 0 Å². The Morgan fingerprint density at radius 2 is 2.41 bits per heavy atom. The molecule has 1 aromatic carbocycles. The average molecular weight is 306 g/mol. The Kier molecular flexibility index (Phi) is 4.01. The first-order valence-corrected chi connectivity index (χ1v) is 6.80. The lowest BCUT2D eigenvalue weighted by atomic mass is 10.1. The minimum atomic E-state index is -0.511. The van der Waals surface area contributed by atoms with Gasteiger partial charge in [-0.25, -0.2) is 9.37 Å². The quantitative estimate of drug-likeness (QED) is 0.886. The van der Waals surface area contributed by atoms with Gasteiger partial charge in [0.15, 0.2) is 17.4 Å². The molecule has 1 aliphatic heterocycles. The summed E-state index contributed by atoms with van der Waals surface area (Å²) in [4.78, 5) is 16.4. The third-order valence-electron chi connectivity index (χ3n) is 3.52. The molecule has 1 amide bonds. The second kappa shape index (κ2) is 6.10. The highest BCUT2D eigenvalue weighted by Crippen LogP contribution is 2.27. The predicted octanol–water partition coefficient (Wildman–Crippen LogP) is 1.21. The van der Waals surface area contributed by atoms with E-state index < -0.39 is 5.82 Å². The van der Waals surface area contributed by atoms with Crippen molar-refractivity contribution in [1.82, 2.24) is 20.5 Å². The van der Waals surface area contributed by atoms with E-state index in [1.807, 2.05) is 0 Å². The van der Waals surface area contributed by atoms with Crippen LogP contribution in [0.25, 0.3) is 0 Å². The highest BCUT2D eigenvalue weighted by molar-refractivity contribution is 5.94. The number of rotatable bonds is 4. The van der Waals surface area contributed by atoms with Gasteiger partial charge in [0.05, 0.1) is 13.2 Å². The van der Waals surface area contributed by atoms with E-state index in [0.29, 0.717) is 24.4 Å². The van der Waals surface area contributed by atoms with Crippen molar-refractivity contribution in [2.45, 2.75) is 18.6 Å². The molecule has 7 nitrogen and oxygen atoms in total. The van der Waals surface area contributed by atoms with Crippen LogP contribution < -0.4 is 10.1 Å². The number of carbonyl (C=O) groups excluding carboxylic acids is 1. The molecule has 0 saturated carbocycles. The highest BCUT2D eigenvalue weighted by Gasteiger charge is 2.33. The van der Waals surface area contributed by atoms with Gasteiger partial charge in [0.2, 0.25) is 0 Å². The number of aromatic nitrogens is 3. The molecule has 8 heteroatoms. The lowest BCUT2D eigenvalue weighted by molar-refractivity contribution is 0.0791. The van der Waals surface area contributed by atoms with Gasteiger partial charge in [-0.15, -0.1) is 0 Å². The molecule has 1 aliphatic rings. The van der Waals surface area contributed by atoms with Crippen molar-refractivity contribution in [2.75, 3.05) is 13.7 Å². The summed E-state index contributed by atoms with van der Waals surface area (Å²) < 4.78 is 23.9. The Balaban J connectivity index is 1.73. The van der Waals surface area contributed by atoms with Gasteiger partial charge in [-0.3, -0.25) is 9.89 Å². The Hall–Kier alpha value is -2.48. The zero-order valence-electron chi connectivity index (χ0n) is 11.9. The molecule has 1 aromatic heterocycles. The topological polar surface area (TPSA) is 89.1 Å². The maximum atomic E-state index is 13.4. The van der Waals surface area contributed by atoms with E-state index >= 15 is 0 Å². The van der Waals surface area contributed by atoms with Crippen molar-refractivity contribution in [1.29, 1.82) is 0 Å². The first kappa shape index (κ1) is 14.5. The summed E-state index contributed by atoms with van der Waals surface area (Å²) >= 11 is 0. The summed E-state index contributed by atoms with van der Waals surface area (Å²) in [5, 5.41) is 9.40. The van der Waals surface area contributed by atoms with Crippen LogP contribution in [0.4, 0.5) is 4.39 Å². The van der Waals surface area contributed by atoms with Gasteiger partial charge < -0.3 is 14.8 Å². The number of hydrogen-bond acceptors (Lipinski definition) is 5. The summed E-state index contributed by atoms with van der Waals surface area (Å²) in [6, 6.07) is 3.75. The molecule has 2 heterocycles. The van der Waals surface area contributed by atoms with E-state index in [4.69, 9.17) is 9.47 Å². The largest absolute Gasteiger partial charge is 0.494 e. The summed E-state index contributed by atoms with van der Waals surface area (Å²) in [6.45, 7) is 0.517. The van der Waals surface area contributed by atoms with Crippen molar-refractivity contribution in [3.05, 3.63) is 41.7 Å². The van der Waals surface area contributed by atoms with Gasteiger partial charge in [0.1, 0.15) is 12.4 Å². The predicted molar refractivity (Wildman–Crippen MR) is 73.9 cm³/mol. The standard InChI is InChI=1S/C14H15FN4O3/c1-21-11-6-8(2-3-9(11)15)14(20)18-10-4-5-22-12(10)13-16-7-17-19-13/h2-3,6-7,10,12H,4-5H2,1H3,(H,18,20)(H,16,17,19)/t10-,12+/m0/s1. The fourth-order valence-electron chi connectivity index (χ4n) is 2.41. The molecule has 3 rings (SSSR count). The fourth-order valence-corrected chi connectivity index (χ4v) is 2.41. The van der Waals surface area contributed by atoms with Gasteiger partial charge in [-0.05, 0) is 24.6 Å². The lowest BCUT2D eigenvalue weighted by Gasteiger charge is -2.18. The summed E-state index contributed by atoms with van der Waals surface area (Å²) in [7, 11) is 1.35. The number of hydrogen-bond donors (Lipinski definition) is 2. The van der Waals surface area contributed by atoms with Crippen LogP contribution in [0.1, 0.15) is 28.7 Å². The molecule has 1 fully saturated rings. The Morgan fingerprint density at radius 1 is 1.55 bits per heavy atom. The third kappa shape index (κ3) is 2.77. The molecule has 0 radical (unpaired) electrons. The van der Waals surface area contributed by atoms with Crippen LogP contribution in [0.2, 0.25) is 0 Å². The summed E-state index contributed by atoms with van der Waals surface area (Å²) in [6.07, 6.45) is 1.68. The molecule has 0 spiro atoms. The van der Waals surface area contributed by atoms with Crippen LogP contribution in [0.15, 0.2) is 24.5 Å². The first-order chi connectivity index (χ1) is 10.7. The number of nitrogens with zero attached hydrogens (tertiary/aromatic N) is 2. The SMILES string of the molecule is COc1cc(C(=O)N[C@H]2CCO[C@H]2c2ncn[nH]2)ccc1F. The molecule has 2 aromatic rings. The minimum Gasteiger partial charge on any atom is -0.494 e. The normalized spacial score (nSPS) is 20.8. The Bertz CT molecular complexity index is 662. The summed E-state index contributed by atoms with van der Waals surface area (Å²) in [5.41, 5.74) is 0.321. The molecule has 1 saturated heterocycles. The minimum absolute atomic E-state index is 0.0297. The van der Waals surface area contributed by atoms with Crippen LogP contribution in [-0.2, 0) is 4.74 Å². The molecular weight excluding hydrogens is 291 g/mol. The second-order valence-electron chi connectivity index (χ2n) is 4.88. The number of nitrogens with one attached hydrogen (secondary N) is 2. The highest BCUT2D eigenvalue weighted by atomic mass is 19.1. The third-order valence-corrected chi connectivity index (χ3v) is 3.52. The van der Waals surface area contributed by atoms with Crippen molar-refractivity contribution < 1.29 is 18.7 Å². The van der Waals surface area contributed by atoms with E-state index in [9.17, 15) is 9.18 Å². The zero-order valence-corrected chi connectivity index (χ0v) is 11.9. The van der Waals surface area contributed by atoms with Crippen LogP contribution in [0.3, 0.4) is 0 Å². The number of halogens is 1. The maximum Gasteiger partial charge on any atom is 0.251 e. The Labute approximate surface area is 125 Å². The van der Waals surface area contributed by atoms with E-state index in [1.54, 1.807) is 0 Å². The van der Waals surface area contributed by atoms with E-state index in [0.717, 1.165) is 0 Å². The zero-order chi connectivity index (χ0) is 15.5. The number of aromatic amines is 1. The van der Waals surface area contributed by atoms with Gasteiger partial charge in [-0.2, -0.15) is 5.10 Å². The van der Waals surface area contributed by atoms with E-state index in [-0.39, 0.29) is 23.8 Å². The monoisotopic (exact) mass is 306 g/mol. The van der Waals surface area contributed by atoms with Crippen molar-refractivity contribution in [3.63, 3.8) is 0 Å². The van der Waals surface area contributed by atoms with Crippen LogP contribution in [0.5, 0.6) is 5.75 Å². The molecule has 0 unspecified atom stereocenters. The molecule has 0 bridgehead atoms. The van der Waals surface area contributed by atoms with Gasteiger partial charge in [-0.1, -0.05) is 0 Å². The van der Waals surface area contributed by atoms with E-state index in [1.165, 1.54) is 31.6 Å². The number of amides is 1. The molecule has 116 valence electrons. The maximum absolute atomic E-state index is 13.4. The molecular formula is C14H15FN4O3. The summed E-state index contributed by atoms with van der Waals surface area (Å²) in [5.74, 6) is -0.234. The van der Waals surface area contributed by atoms with Crippen LogP contribution in [-0.4, -0.2) is 40.8 Å². The lowest BCUT2D eigenvalue weighted by Crippen LogP contribution is -2.37. The number of ether oxygens (including phenoxy) is 2. The molecule has 22 heavy (non-hydrogen) atoms. The molecule has 0 aliphatic carbocycles. The fraction of sp³-hybridized carbons (Fsp3) is 0.357. The van der Waals surface area contributed by atoms with Gasteiger partial charge in [0.25, 0.3) is 5.91 Å². The molecule has 2 atom stereocenters. The van der Waals surface area contributed by atoms with E-state index in [2.05, 4.69) is 20.5 Å². The molecule has 2 N–H and O–H groups in total.